The molecule has 0 bridgehead atoms. The predicted molar refractivity (Wildman–Crippen MR) is 71.6 cm³/mol. The van der Waals surface area contributed by atoms with Crippen LogP contribution in [0.2, 0.25) is 0 Å². The molecule has 0 fully saturated rings. The molecule has 4 heteroatoms. The lowest BCUT2D eigenvalue weighted by Gasteiger charge is -2.19. The van der Waals surface area contributed by atoms with Crippen molar-refractivity contribution >= 4 is 5.97 Å². The molecule has 108 valence electrons. The van der Waals surface area contributed by atoms with E-state index in [4.69, 9.17) is 14.2 Å². The standard InChI is InChI=1S/C14H28O4/c1-13(2,3)7-8-16-9-10-17-11-12(15)18-14(4,5)6/h7-11H2,1-6H3. The summed E-state index contributed by atoms with van der Waals surface area (Å²) in [6, 6.07) is 0. The van der Waals surface area contributed by atoms with Gasteiger partial charge in [-0.15, -0.1) is 0 Å². The molecule has 4 nitrogen and oxygen atoms in total. The number of carbonyl (C=O) groups excluding carboxylic acids is 1. The first kappa shape index (κ1) is 17.4. The van der Waals surface area contributed by atoms with Crippen LogP contribution in [0.15, 0.2) is 0 Å². The average Bonchev–Trinajstić information content (AvgIpc) is 2.11. The van der Waals surface area contributed by atoms with Crippen LogP contribution < -0.4 is 0 Å². The number of rotatable bonds is 7. The smallest absolute Gasteiger partial charge is 0.332 e. The summed E-state index contributed by atoms with van der Waals surface area (Å²) < 4.78 is 15.7. The van der Waals surface area contributed by atoms with Gasteiger partial charge in [-0.25, -0.2) is 4.79 Å². The zero-order valence-electron chi connectivity index (χ0n) is 12.7. The van der Waals surface area contributed by atoms with E-state index in [0.717, 1.165) is 13.0 Å². The van der Waals surface area contributed by atoms with Crippen molar-refractivity contribution in [3.8, 4) is 0 Å². The predicted octanol–water partition coefficient (Wildman–Crippen LogP) is 2.80. The van der Waals surface area contributed by atoms with Gasteiger partial charge in [-0.1, -0.05) is 20.8 Å². The van der Waals surface area contributed by atoms with E-state index in [1.54, 1.807) is 0 Å². The quantitative estimate of drug-likeness (QED) is 0.521. The van der Waals surface area contributed by atoms with E-state index in [9.17, 15) is 4.79 Å². The van der Waals surface area contributed by atoms with Crippen LogP contribution in [0.5, 0.6) is 0 Å². The summed E-state index contributed by atoms with van der Waals surface area (Å²) >= 11 is 0. The number of hydrogen-bond acceptors (Lipinski definition) is 4. The normalized spacial score (nSPS) is 12.6. The second kappa shape index (κ2) is 7.74. The van der Waals surface area contributed by atoms with E-state index in [1.165, 1.54) is 0 Å². The van der Waals surface area contributed by atoms with Crippen LogP contribution in [-0.2, 0) is 19.0 Å². The Bertz CT molecular complexity index is 235. The van der Waals surface area contributed by atoms with Gasteiger partial charge in [0.1, 0.15) is 12.2 Å². The summed E-state index contributed by atoms with van der Waals surface area (Å²) in [6.45, 7) is 13.7. The second-order valence-corrected chi connectivity index (χ2v) is 6.56. The highest BCUT2D eigenvalue weighted by Crippen LogP contribution is 2.17. The van der Waals surface area contributed by atoms with Crippen LogP contribution in [0.4, 0.5) is 0 Å². The van der Waals surface area contributed by atoms with E-state index in [0.29, 0.717) is 13.2 Å². The Morgan fingerprint density at radius 2 is 1.44 bits per heavy atom. The van der Waals surface area contributed by atoms with E-state index < -0.39 is 5.60 Å². The summed E-state index contributed by atoms with van der Waals surface area (Å²) in [5, 5.41) is 0. The number of ether oxygens (including phenoxy) is 3. The largest absolute Gasteiger partial charge is 0.458 e. The summed E-state index contributed by atoms with van der Waals surface area (Å²) in [5.74, 6) is -0.336. The zero-order valence-corrected chi connectivity index (χ0v) is 12.7. The summed E-state index contributed by atoms with van der Waals surface area (Å²) in [7, 11) is 0. The van der Waals surface area contributed by atoms with Crippen molar-refractivity contribution < 1.29 is 19.0 Å². The second-order valence-electron chi connectivity index (χ2n) is 6.56. The summed E-state index contributed by atoms with van der Waals surface area (Å²) in [5.41, 5.74) is -0.166. The number of carbonyl (C=O) groups is 1. The number of hydrogen-bond donors (Lipinski definition) is 0. The average molecular weight is 260 g/mol. The van der Waals surface area contributed by atoms with Gasteiger partial charge >= 0.3 is 5.97 Å². The fourth-order valence-corrected chi connectivity index (χ4v) is 1.12. The Morgan fingerprint density at radius 1 is 0.889 bits per heavy atom. The first-order chi connectivity index (χ1) is 8.10. The monoisotopic (exact) mass is 260 g/mol. The molecule has 18 heavy (non-hydrogen) atoms. The molecule has 0 atom stereocenters. The lowest BCUT2D eigenvalue weighted by Crippen LogP contribution is -2.27. The third-order valence-electron chi connectivity index (χ3n) is 2.01. The van der Waals surface area contributed by atoms with Gasteiger partial charge < -0.3 is 14.2 Å². The van der Waals surface area contributed by atoms with Crippen molar-refractivity contribution in [2.24, 2.45) is 5.41 Å². The van der Waals surface area contributed by atoms with Crippen molar-refractivity contribution in [1.29, 1.82) is 0 Å². The Labute approximate surface area is 111 Å². The Balaban J connectivity index is 3.39. The lowest BCUT2D eigenvalue weighted by molar-refractivity contribution is -0.160. The maximum absolute atomic E-state index is 11.3. The minimum absolute atomic E-state index is 0.0140. The molecule has 0 aromatic heterocycles. The van der Waals surface area contributed by atoms with Crippen molar-refractivity contribution in [3.63, 3.8) is 0 Å². The van der Waals surface area contributed by atoms with E-state index >= 15 is 0 Å². The molecular formula is C14H28O4. The maximum Gasteiger partial charge on any atom is 0.332 e. The van der Waals surface area contributed by atoms with Crippen LogP contribution in [0.3, 0.4) is 0 Å². The molecule has 0 spiro atoms. The van der Waals surface area contributed by atoms with E-state index in [-0.39, 0.29) is 18.0 Å². The third kappa shape index (κ3) is 13.5. The number of esters is 1. The zero-order chi connectivity index (χ0) is 14.2. The van der Waals surface area contributed by atoms with Crippen molar-refractivity contribution in [2.75, 3.05) is 26.4 Å². The molecule has 0 aliphatic carbocycles. The fraction of sp³-hybridized carbons (Fsp3) is 0.929. The maximum atomic E-state index is 11.3. The SMILES string of the molecule is CC(C)(C)CCOCCOCC(=O)OC(C)(C)C. The third-order valence-corrected chi connectivity index (χ3v) is 2.01. The molecule has 0 saturated carbocycles. The molecule has 0 saturated heterocycles. The molecule has 0 aliphatic rings. The molecule has 0 unspecified atom stereocenters. The minimum atomic E-state index is -0.455. The molecule has 0 radical (unpaired) electrons. The van der Waals surface area contributed by atoms with Crippen LogP contribution in [0, 0.1) is 5.41 Å². The van der Waals surface area contributed by atoms with Gasteiger partial charge in [-0.05, 0) is 32.6 Å². The topological polar surface area (TPSA) is 44.8 Å². The van der Waals surface area contributed by atoms with Crippen LogP contribution >= 0.6 is 0 Å². The van der Waals surface area contributed by atoms with Crippen molar-refractivity contribution in [2.45, 2.75) is 53.6 Å². The molecular weight excluding hydrogens is 232 g/mol. The molecule has 0 heterocycles. The Kier molecular flexibility index (Phi) is 7.48. The Morgan fingerprint density at radius 3 is 1.94 bits per heavy atom. The van der Waals surface area contributed by atoms with Gasteiger partial charge in [0, 0.05) is 6.61 Å². The first-order valence-electron chi connectivity index (χ1n) is 6.47. The molecule has 0 aliphatic heterocycles. The molecule has 0 aromatic carbocycles. The van der Waals surface area contributed by atoms with Gasteiger partial charge in [0.05, 0.1) is 13.2 Å². The van der Waals surface area contributed by atoms with E-state index in [1.807, 2.05) is 20.8 Å². The van der Waals surface area contributed by atoms with Gasteiger partial charge in [-0.2, -0.15) is 0 Å². The summed E-state index contributed by atoms with van der Waals surface area (Å²) in [4.78, 5) is 11.3. The van der Waals surface area contributed by atoms with Gasteiger partial charge in [0.15, 0.2) is 0 Å². The Hall–Kier alpha value is -0.610. The minimum Gasteiger partial charge on any atom is -0.458 e. The molecule has 0 N–H and O–H groups in total. The first-order valence-corrected chi connectivity index (χ1v) is 6.47. The van der Waals surface area contributed by atoms with E-state index in [2.05, 4.69) is 20.8 Å². The van der Waals surface area contributed by atoms with Crippen LogP contribution in [-0.4, -0.2) is 38.0 Å². The summed E-state index contributed by atoms with van der Waals surface area (Å²) in [6.07, 6.45) is 1.01. The van der Waals surface area contributed by atoms with Crippen LogP contribution in [0.25, 0.3) is 0 Å². The van der Waals surface area contributed by atoms with Gasteiger partial charge in [-0.3, -0.25) is 0 Å². The lowest BCUT2D eigenvalue weighted by atomic mass is 9.93. The fourth-order valence-electron chi connectivity index (χ4n) is 1.12. The molecule has 0 aromatic rings. The van der Waals surface area contributed by atoms with Gasteiger partial charge in [0.2, 0.25) is 0 Å². The highest BCUT2D eigenvalue weighted by molar-refractivity contribution is 5.71. The van der Waals surface area contributed by atoms with Gasteiger partial charge in [0.25, 0.3) is 0 Å². The highest BCUT2D eigenvalue weighted by atomic mass is 16.6. The molecule has 0 rings (SSSR count). The van der Waals surface area contributed by atoms with Crippen LogP contribution in [0.1, 0.15) is 48.0 Å². The highest BCUT2D eigenvalue weighted by Gasteiger charge is 2.15. The van der Waals surface area contributed by atoms with Crippen molar-refractivity contribution in [3.05, 3.63) is 0 Å². The molecule has 0 amide bonds. The van der Waals surface area contributed by atoms with Crippen molar-refractivity contribution in [1.82, 2.24) is 0 Å².